The van der Waals surface area contributed by atoms with Gasteiger partial charge in [0.1, 0.15) is 5.82 Å². The van der Waals surface area contributed by atoms with E-state index in [9.17, 15) is 9.18 Å². The van der Waals surface area contributed by atoms with Gasteiger partial charge >= 0.3 is 0 Å². The zero-order chi connectivity index (χ0) is 14.5. The van der Waals surface area contributed by atoms with E-state index in [1.54, 1.807) is 12.1 Å². The van der Waals surface area contributed by atoms with Crippen molar-refractivity contribution in [2.75, 3.05) is 11.1 Å². The standard InChI is InChI=1S/C14H10Cl2FNOS/c15-9-1-4-11(5-2-9)20-8-14(19)18-13-7-10(16)3-6-12(13)17/h1-7H,8H2,(H,18,19). The molecule has 0 aliphatic rings. The van der Waals surface area contributed by atoms with Crippen LogP contribution in [0, 0.1) is 5.82 Å². The lowest BCUT2D eigenvalue weighted by Crippen LogP contribution is -2.15. The SMILES string of the molecule is O=C(CSc1ccc(Cl)cc1)Nc1cc(Cl)ccc1F. The van der Waals surface area contributed by atoms with E-state index in [-0.39, 0.29) is 17.3 Å². The van der Waals surface area contributed by atoms with E-state index in [1.165, 1.54) is 30.0 Å². The number of amides is 1. The van der Waals surface area contributed by atoms with Crippen molar-refractivity contribution in [2.45, 2.75) is 4.90 Å². The first-order valence-electron chi connectivity index (χ1n) is 5.68. The molecule has 2 aromatic rings. The molecule has 0 aliphatic carbocycles. The average molecular weight is 330 g/mol. The first-order chi connectivity index (χ1) is 9.54. The van der Waals surface area contributed by atoms with Crippen LogP contribution in [-0.2, 0) is 4.79 Å². The molecule has 6 heteroatoms. The van der Waals surface area contributed by atoms with Crippen LogP contribution in [0.1, 0.15) is 0 Å². The maximum Gasteiger partial charge on any atom is 0.234 e. The van der Waals surface area contributed by atoms with Crippen molar-refractivity contribution in [3.63, 3.8) is 0 Å². The summed E-state index contributed by atoms with van der Waals surface area (Å²) in [5.74, 6) is -0.640. The maximum absolute atomic E-state index is 13.4. The average Bonchev–Trinajstić information content (AvgIpc) is 2.42. The quantitative estimate of drug-likeness (QED) is 0.811. The Balaban J connectivity index is 1.92. The van der Waals surface area contributed by atoms with Crippen LogP contribution in [0.5, 0.6) is 0 Å². The van der Waals surface area contributed by atoms with Crippen LogP contribution in [0.2, 0.25) is 10.0 Å². The second-order valence-electron chi connectivity index (χ2n) is 3.91. The summed E-state index contributed by atoms with van der Waals surface area (Å²) in [4.78, 5) is 12.7. The molecular formula is C14H10Cl2FNOS. The molecule has 0 bridgehead atoms. The second kappa shape index (κ2) is 6.97. The van der Waals surface area contributed by atoms with Crippen molar-refractivity contribution in [3.05, 3.63) is 58.3 Å². The van der Waals surface area contributed by atoms with Crippen LogP contribution < -0.4 is 5.32 Å². The normalized spacial score (nSPS) is 10.3. The molecular weight excluding hydrogens is 320 g/mol. The summed E-state index contributed by atoms with van der Waals surface area (Å²) in [5.41, 5.74) is 0.0826. The number of hydrogen-bond acceptors (Lipinski definition) is 2. The van der Waals surface area contributed by atoms with E-state index < -0.39 is 5.82 Å². The van der Waals surface area contributed by atoms with Gasteiger partial charge in [0.15, 0.2) is 0 Å². The summed E-state index contributed by atoms with van der Waals surface area (Å²) in [6, 6.07) is 11.2. The summed E-state index contributed by atoms with van der Waals surface area (Å²) in [6.45, 7) is 0. The number of thioether (sulfide) groups is 1. The van der Waals surface area contributed by atoms with Crippen molar-refractivity contribution >= 4 is 46.6 Å². The number of carbonyl (C=O) groups is 1. The molecule has 0 saturated heterocycles. The molecule has 0 fully saturated rings. The minimum atomic E-state index is -0.515. The van der Waals surface area contributed by atoms with Gasteiger partial charge in [-0.25, -0.2) is 4.39 Å². The summed E-state index contributed by atoms with van der Waals surface area (Å²) in [7, 11) is 0. The Morgan fingerprint density at radius 3 is 2.45 bits per heavy atom. The Morgan fingerprint density at radius 2 is 1.75 bits per heavy atom. The number of halogens is 3. The van der Waals surface area contributed by atoms with Crippen molar-refractivity contribution < 1.29 is 9.18 Å². The molecule has 0 saturated carbocycles. The van der Waals surface area contributed by atoms with E-state index >= 15 is 0 Å². The van der Waals surface area contributed by atoms with Crippen molar-refractivity contribution in [1.82, 2.24) is 0 Å². The van der Waals surface area contributed by atoms with Crippen LogP contribution in [-0.4, -0.2) is 11.7 Å². The van der Waals surface area contributed by atoms with Crippen LogP contribution in [0.4, 0.5) is 10.1 Å². The molecule has 1 N–H and O–H groups in total. The minimum absolute atomic E-state index is 0.0826. The van der Waals surface area contributed by atoms with Gasteiger partial charge in [0, 0.05) is 14.9 Å². The highest BCUT2D eigenvalue weighted by atomic mass is 35.5. The number of hydrogen-bond donors (Lipinski definition) is 1. The van der Waals surface area contributed by atoms with Gasteiger partial charge in [-0.15, -0.1) is 11.8 Å². The fraction of sp³-hybridized carbons (Fsp3) is 0.0714. The van der Waals surface area contributed by atoms with Gasteiger partial charge in [-0.05, 0) is 42.5 Å². The third kappa shape index (κ3) is 4.40. The second-order valence-corrected chi connectivity index (χ2v) is 5.84. The van der Waals surface area contributed by atoms with Gasteiger partial charge < -0.3 is 5.32 Å². The third-order valence-corrected chi connectivity index (χ3v) is 3.89. The Hall–Kier alpha value is -1.23. The van der Waals surface area contributed by atoms with Crippen molar-refractivity contribution in [1.29, 1.82) is 0 Å². The summed E-state index contributed by atoms with van der Waals surface area (Å²) >= 11 is 12.9. The Bertz CT molecular complexity index is 619. The molecule has 0 aliphatic heterocycles. The topological polar surface area (TPSA) is 29.1 Å². The molecule has 0 spiro atoms. The molecule has 20 heavy (non-hydrogen) atoms. The van der Waals surface area contributed by atoms with Gasteiger partial charge in [0.25, 0.3) is 0 Å². The van der Waals surface area contributed by atoms with E-state index in [1.807, 2.05) is 12.1 Å². The lowest BCUT2D eigenvalue weighted by molar-refractivity contribution is -0.113. The maximum atomic E-state index is 13.4. The van der Waals surface area contributed by atoms with Crippen molar-refractivity contribution in [2.24, 2.45) is 0 Å². The van der Waals surface area contributed by atoms with E-state index in [0.29, 0.717) is 10.0 Å². The van der Waals surface area contributed by atoms with E-state index in [4.69, 9.17) is 23.2 Å². The van der Waals surface area contributed by atoms with Gasteiger partial charge in [0.05, 0.1) is 11.4 Å². The number of rotatable bonds is 4. The van der Waals surface area contributed by atoms with Crippen LogP contribution in [0.3, 0.4) is 0 Å². The highest BCUT2D eigenvalue weighted by Gasteiger charge is 2.08. The molecule has 0 radical (unpaired) electrons. The molecule has 104 valence electrons. The molecule has 0 unspecified atom stereocenters. The summed E-state index contributed by atoms with van der Waals surface area (Å²) < 4.78 is 13.4. The molecule has 2 nitrogen and oxygen atoms in total. The number of benzene rings is 2. The summed E-state index contributed by atoms with van der Waals surface area (Å²) in [5, 5.41) is 3.49. The fourth-order valence-electron chi connectivity index (χ4n) is 1.46. The third-order valence-electron chi connectivity index (χ3n) is 2.39. The number of anilines is 1. The largest absolute Gasteiger partial charge is 0.323 e. The minimum Gasteiger partial charge on any atom is -0.323 e. The van der Waals surface area contributed by atoms with E-state index in [0.717, 1.165) is 4.90 Å². The predicted molar refractivity (Wildman–Crippen MR) is 82.2 cm³/mol. The Morgan fingerprint density at radius 1 is 1.10 bits per heavy atom. The van der Waals surface area contributed by atoms with Gasteiger partial charge in [-0.2, -0.15) is 0 Å². The molecule has 0 heterocycles. The molecule has 2 rings (SSSR count). The molecule has 1 amide bonds. The first-order valence-corrected chi connectivity index (χ1v) is 7.42. The number of carbonyl (C=O) groups excluding carboxylic acids is 1. The Labute approximate surface area is 130 Å². The lowest BCUT2D eigenvalue weighted by atomic mass is 10.3. The summed E-state index contributed by atoms with van der Waals surface area (Å²) in [6.07, 6.45) is 0. The van der Waals surface area contributed by atoms with Gasteiger partial charge in [0.2, 0.25) is 5.91 Å². The zero-order valence-electron chi connectivity index (χ0n) is 10.2. The monoisotopic (exact) mass is 329 g/mol. The smallest absolute Gasteiger partial charge is 0.234 e. The van der Waals surface area contributed by atoms with E-state index in [2.05, 4.69) is 5.32 Å². The molecule has 2 aromatic carbocycles. The van der Waals surface area contributed by atoms with Crippen molar-refractivity contribution in [3.8, 4) is 0 Å². The molecule has 0 atom stereocenters. The molecule has 0 aromatic heterocycles. The zero-order valence-corrected chi connectivity index (χ0v) is 12.5. The van der Waals surface area contributed by atoms with Gasteiger partial charge in [-0.1, -0.05) is 23.2 Å². The predicted octanol–water partition coefficient (Wildman–Crippen LogP) is 4.86. The van der Waals surface area contributed by atoms with Crippen LogP contribution >= 0.6 is 35.0 Å². The fourth-order valence-corrected chi connectivity index (χ4v) is 2.46. The van der Waals surface area contributed by atoms with Crippen LogP contribution in [0.15, 0.2) is 47.4 Å². The highest BCUT2D eigenvalue weighted by molar-refractivity contribution is 8.00. The number of nitrogens with one attached hydrogen (secondary N) is 1. The highest BCUT2D eigenvalue weighted by Crippen LogP contribution is 2.22. The Kier molecular flexibility index (Phi) is 5.29. The van der Waals surface area contributed by atoms with Crippen LogP contribution in [0.25, 0.3) is 0 Å². The first kappa shape index (κ1) is 15.2. The lowest BCUT2D eigenvalue weighted by Gasteiger charge is -2.07. The van der Waals surface area contributed by atoms with Gasteiger partial charge in [-0.3, -0.25) is 4.79 Å².